The van der Waals surface area contributed by atoms with Gasteiger partial charge in [-0.1, -0.05) is 30.3 Å². The van der Waals surface area contributed by atoms with Crippen molar-refractivity contribution in [3.63, 3.8) is 0 Å². The molecular weight excluding hydrogens is 454 g/mol. The molecule has 0 aliphatic heterocycles. The maximum Gasteiger partial charge on any atom is 1.00 e. The topological polar surface area (TPSA) is 38.3 Å². The predicted octanol–water partition coefficient (Wildman–Crippen LogP) is 2.45. The monoisotopic (exact) mass is 465 g/mol. The number of rotatable bonds is 2. The molecule has 0 fully saturated rings. The molecule has 1 rings (SSSR count). The van der Waals surface area contributed by atoms with Gasteiger partial charge in [-0.2, -0.15) is 0 Å². The van der Waals surface area contributed by atoms with Crippen LogP contribution in [0.5, 0.6) is 0 Å². The van der Waals surface area contributed by atoms with E-state index in [1.165, 1.54) is 7.05 Å². The molecule has 19 heteroatoms. The molecule has 0 aromatic heterocycles. The van der Waals surface area contributed by atoms with Gasteiger partial charge in [0.05, 0.1) is 0 Å². The maximum atomic E-state index is 10.7. The van der Waals surface area contributed by atoms with E-state index in [0.717, 1.165) is 5.56 Å². The van der Waals surface area contributed by atoms with Crippen LogP contribution in [0.3, 0.4) is 0 Å². The first-order valence-corrected chi connectivity index (χ1v) is 6.33. The Kier molecular flexibility index (Phi) is 21.7. The van der Waals surface area contributed by atoms with Crippen LogP contribution in [0.4, 0.5) is 56.6 Å². The summed E-state index contributed by atoms with van der Waals surface area (Å²) >= 11 is 0. The fourth-order valence-corrected chi connectivity index (χ4v) is 0.795. The van der Waals surface area contributed by atoms with Crippen LogP contribution in [0.15, 0.2) is 30.3 Å². The molecule has 0 saturated carbocycles. The van der Waals surface area contributed by atoms with Gasteiger partial charge in [0.2, 0.25) is 0 Å². The molecule has 0 radical (unpaired) electrons. The van der Waals surface area contributed by atoms with Gasteiger partial charge in [-0.25, -0.2) is 4.79 Å². The number of carbonyl (C=O) groups excluding carboxylic acids is 1. The fraction of sp³-hybridized carbons (Fsp3) is 0.222. The summed E-state index contributed by atoms with van der Waals surface area (Å²) in [7, 11) is -16.5. The Morgan fingerprint density at radius 1 is 0.786 bits per heavy atom. The van der Waals surface area contributed by atoms with Crippen molar-refractivity contribution in [1.29, 1.82) is 0 Å². The minimum absolute atomic E-state index is 0. The summed E-state index contributed by atoms with van der Waals surface area (Å²) in [6.07, 6.45) is -0.404. The first-order chi connectivity index (χ1) is 11.8. The molecule has 0 saturated heterocycles. The number of halogens is 12. The SMILES string of the molecule is CNC(=O)OCc1ccccc1.F[B-](F)(F)F.F[B-](F)(F)F.F[B-](F)(F)F.[K+]. The van der Waals surface area contributed by atoms with Crippen LogP contribution in [-0.2, 0) is 11.3 Å². The fourth-order valence-electron chi connectivity index (χ4n) is 0.795. The number of amides is 1. The van der Waals surface area contributed by atoms with Crippen molar-refractivity contribution in [3.8, 4) is 0 Å². The number of ether oxygens (including phenoxy) is 1. The number of alkyl carbamates (subject to hydrolysis) is 1. The molecule has 0 heterocycles. The summed E-state index contributed by atoms with van der Waals surface area (Å²) in [5.41, 5.74) is 0.987. The zero-order valence-electron chi connectivity index (χ0n) is 14.2. The summed E-state index contributed by atoms with van der Waals surface area (Å²) in [6, 6.07) is 9.54. The summed E-state index contributed by atoms with van der Waals surface area (Å²) in [5.74, 6) is 0. The summed E-state index contributed by atoms with van der Waals surface area (Å²) in [4.78, 5) is 10.7. The first kappa shape index (κ1) is 35.0. The minimum Gasteiger partial charge on any atom is -0.445 e. The van der Waals surface area contributed by atoms with Crippen molar-refractivity contribution in [1.82, 2.24) is 5.32 Å². The standard InChI is InChI=1S/C9H11NO2.3BF4.K/c1-10-9(11)12-7-8-5-3-2-4-6-8;3*2-1(3,4)5;/h2-6H,7H2,1H3,(H,10,11);;;;/q;3*-1;+1. The number of hydrogen-bond acceptors (Lipinski definition) is 2. The van der Waals surface area contributed by atoms with Crippen LogP contribution in [-0.4, -0.2) is 34.9 Å². The second-order valence-electron chi connectivity index (χ2n) is 3.80. The van der Waals surface area contributed by atoms with Gasteiger partial charge in [-0.05, 0) is 5.56 Å². The third kappa shape index (κ3) is 72.8. The first-order valence-electron chi connectivity index (χ1n) is 6.33. The molecule has 1 amide bonds. The van der Waals surface area contributed by atoms with Crippen molar-refractivity contribution < 1.29 is 113 Å². The van der Waals surface area contributed by atoms with Crippen molar-refractivity contribution >= 4 is 27.9 Å². The molecule has 0 aliphatic carbocycles. The zero-order valence-corrected chi connectivity index (χ0v) is 17.3. The van der Waals surface area contributed by atoms with Crippen LogP contribution >= 0.6 is 0 Å². The minimum atomic E-state index is -6.00. The Morgan fingerprint density at radius 3 is 1.32 bits per heavy atom. The van der Waals surface area contributed by atoms with E-state index in [1.807, 2.05) is 30.3 Å². The smallest absolute Gasteiger partial charge is 0.445 e. The van der Waals surface area contributed by atoms with E-state index in [0.29, 0.717) is 6.61 Å². The van der Waals surface area contributed by atoms with Crippen LogP contribution in [0.2, 0.25) is 0 Å². The molecular formula is C9H11B3F12KNO2-2. The van der Waals surface area contributed by atoms with E-state index in [4.69, 9.17) is 4.74 Å². The van der Waals surface area contributed by atoms with E-state index in [2.05, 4.69) is 5.32 Å². The number of carbonyl (C=O) groups is 1. The van der Waals surface area contributed by atoms with Gasteiger partial charge in [0.1, 0.15) is 6.61 Å². The molecule has 0 atom stereocenters. The number of nitrogens with one attached hydrogen (secondary N) is 1. The number of benzene rings is 1. The average molecular weight is 465 g/mol. The van der Waals surface area contributed by atoms with Crippen LogP contribution < -0.4 is 56.7 Å². The third-order valence-electron chi connectivity index (χ3n) is 1.42. The molecule has 0 spiro atoms. The second-order valence-corrected chi connectivity index (χ2v) is 3.80. The summed E-state index contributed by atoms with van der Waals surface area (Å²) in [6.45, 7) is 0.320. The van der Waals surface area contributed by atoms with Gasteiger partial charge < -0.3 is 61.8 Å². The van der Waals surface area contributed by atoms with E-state index < -0.39 is 27.9 Å². The zero-order chi connectivity index (χ0) is 22.3. The van der Waals surface area contributed by atoms with E-state index in [1.54, 1.807) is 0 Å². The largest absolute Gasteiger partial charge is 1.00 e. The van der Waals surface area contributed by atoms with Gasteiger partial charge in [0, 0.05) is 7.05 Å². The Bertz CT molecular complexity index is 453. The van der Waals surface area contributed by atoms with Crippen molar-refractivity contribution in [3.05, 3.63) is 35.9 Å². The van der Waals surface area contributed by atoms with Crippen LogP contribution in [0.1, 0.15) is 5.56 Å². The van der Waals surface area contributed by atoms with E-state index in [-0.39, 0.29) is 51.4 Å². The molecule has 160 valence electrons. The molecule has 1 aromatic carbocycles. The normalized spacial score (nSPS) is 10.3. The average Bonchev–Trinajstić information content (AvgIpc) is 2.40. The molecule has 1 aromatic rings. The molecule has 0 aliphatic rings. The predicted molar refractivity (Wildman–Crippen MR) is 76.2 cm³/mol. The van der Waals surface area contributed by atoms with E-state index >= 15 is 0 Å². The third-order valence-corrected chi connectivity index (χ3v) is 1.42. The molecule has 3 nitrogen and oxygen atoms in total. The second kappa shape index (κ2) is 17.3. The Morgan fingerprint density at radius 2 is 1.07 bits per heavy atom. The Labute approximate surface area is 194 Å². The Hall–Kier alpha value is -0.519. The van der Waals surface area contributed by atoms with Crippen molar-refractivity contribution in [2.45, 2.75) is 6.61 Å². The summed E-state index contributed by atoms with van der Waals surface area (Å²) in [5, 5.41) is 2.37. The van der Waals surface area contributed by atoms with Gasteiger partial charge in [-0.3, -0.25) is 0 Å². The van der Waals surface area contributed by atoms with E-state index in [9.17, 15) is 56.6 Å². The van der Waals surface area contributed by atoms with Crippen LogP contribution in [0.25, 0.3) is 0 Å². The Balaban J connectivity index is -0.000000153. The van der Waals surface area contributed by atoms with Gasteiger partial charge in [0.25, 0.3) is 0 Å². The van der Waals surface area contributed by atoms with Crippen molar-refractivity contribution in [2.24, 2.45) is 0 Å². The van der Waals surface area contributed by atoms with Crippen molar-refractivity contribution in [2.75, 3.05) is 7.05 Å². The van der Waals surface area contributed by atoms with Gasteiger partial charge in [-0.15, -0.1) is 0 Å². The molecule has 0 bridgehead atoms. The van der Waals surface area contributed by atoms with Gasteiger partial charge >= 0.3 is 79.2 Å². The maximum absolute atomic E-state index is 10.7. The quantitative estimate of drug-likeness (QED) is 0.539. The molecule has 0 unspecified atom stereocenters. The summed E-state index contributed by atoms with van der Waals surface area (Å²) < 4.78 is 122. The van der Waals surface area contributed by atoms with Crippen LogP contribution in [0, 0.1) is 0 Å². The molecule has 1 N–H and O–H groups in total. The molecule has 28 heavy (non-hydrogen) atoms. The van der Waals surface area contributed by atoms with Gasteiger partial charge in [0.15, 0.2) is 0 Å². The number of hydrogen-bond donors (Lipinski definition) is 1.